The maximum Gasteiger partial charge on any atom is 0.0837 e. The summed E-state index contributed by atoms with van der Waals surface area (Å²) in [7, 11) is 0. The zero-order valence-electron chi connectivity index (χ0n) is 12.9. The molecule has 18 heavy (non-hydrogen) atoms. The topological polar surface area (TPSA) is 21.3 Å². The summed E-state index contributed by atoms with van der Waals surface area (Å²) in [5.41, 5.74) is 0.126. The summed E-state index contributed by atoms with van der Waals surface area (Å²) in [6.45, 7) is 11.0. The van der Waals surface area contributed by atoms with Crippen molar-refractivity contribution < 1.29 is 4.74 Å². The summed E-state index contributed by atoms with van der Waals surface area (Å²) in [5.74, 6) is 0.751. The minimum Gasteiger partial charge on any atom is -0.374 e. The van der Waals surface area contributed by atoms with Crippen LogP contribution < -0.4 is 5.32 Å². The van der Waals surface area contributed by atoms with Gasteiger partial charge in [-0.1, -0.05) is 46.5 Å². The quantitative estimate of drug-likeness (QED) is 0.668. The van der Waals surface area contributed by atoms with Crippen molar-refractivity contribution in [3.8, 4) is 0 Å². The molecule has 2 heteroatoms. The maximum absolute atomic E-state index is 6.27. The van der Waals surface area contributed by atoms with E-state index in [4.69, 9.17) is 4.74 Å². The smallest absolute Gasteiger partial charge is 0.0837 e. The zero-order chi connectivity index (χ0) is 13.4. The van der Waals surface area contributed by atoms with E-state index < -0.39 is 0 Å². The highest BCUT2D eigenvalue weighted by Gasteiger charge is 2.44. The average molecular weight is 255 g/mol. The molecule has 1 unspecified atom stereocenters. The van der Waals surface area contributed by atoms with E-state index >= 15 is 0 Å². The third kappa shape index (κ3) is 3.71. The van der Waals surface area contributed by atoms with Crippen LogP contribution >= 0.6 is 0 Å². The molecule has 108 valence electrons. The number of hydrogen-bond acceptors (Lipinski definition) is 2. The van der Waals surface area contributed by atoms with E-state index in [1.807, 2.05) is 0 Å². The lowest BCUT2D eigenvalue weighted by atomic mass is 9.80. The van der Waals surface area contributed by atoms with Gasteiger partial charge in [0.1, 0.15) is 0 Å². The summed E-state index contributed by atoms with van der Waals surface area (Å²) in [6.07, 6.45) is 8.89. The molecule has 0 aliphatic heterocycles. The van der Waals surface area contributed by atoms with Crippen LogP contribution in [0, 0.1) is 5.92 Å². The molecule has 0 aromatic rings. The molecule has 1 aliphatic carbocycles. The van der Waals surface area contributed by atoms with Crippen molar-refractivity contribution in [1.82, 2.24) is 5.32 Å². The SMILES string of the molecule is CCCNC(C(CC)CC)C1(OCC)CCCC1. The predicted octanol–water partition coefficient (Wildman–Crippen LogP) is 4.14. The Bertz CT molecular complexity index is 207. The normalized spacial score (nSPS) is 20.5. The van der Waals surface area contributed by atoms with Crippen LogP contribution in [0.5, 0.6) is 0 Å². The number of nitrogens with one attached hydrogen (secondary N) is 1. The van der Waals surface area contributed by atoms with Crippen LogP contribution in [-0.2, 0) is 4.74 Å². The minimum absolute atomic E-state index is 0.126. The summed E-state index contributed by atoms with van der Waals surface area (Å²) in [5, 5.41) is 3.81. The van der Waals surface area contributed by atoms with Gasteiger partial charge >= 0.3 is 0 Å². The predicted molar refractivity (Wildman–Crippen MR) is 79.0 cm³/mol. The Morgan fingerprint density at radius 1 is 1.06 bits per heavy atom. The van der Waals surface area contributed by atoms with Gasteiger partial charge in [0.25, 0.3) is 0 Å². The molecule has 1 rings (SSSR count). The number of hydrogen-bond donors (Lipinski definition) is 1. The molecule has 0 heterocycles. The summed E-state index contributed by atoms with van der Waals surface area (Å²) in [4.78, 5) is 0. The largest absolute Gasteiger partial charge is 0.374 e. The van der Waals surface area contributed by atoms with Crippen molar-refractivity contribution in [3.63, 3.8) is 0 Å². The average Bonchev–Trinajstić information content (AvgIpc) is 2.84. The van der Waals surface area contributed by atoms with E-state index in [0.29, 0.717) is 6.04 Å². The van der Waals surface area contributed by atoms with Crippen LogP contribution in [0.3, 0.4) is 0 Å². The molecule has 0 bridgehead atoms. The number of rotatable bonds is 9. The lowest BCUT2D eigenvalue weighted by Gasteiger charge is -2.42. The fourth-order valence-corrected chi connectivity index (χ4v) is 3.65. The van der Waals surface area contributed by atoms with E-state index in [-0.39, 0.29) is 5.60 Å². The minimum atomic E-state index is 0.126. The second-order valence-corrected chi connectivity index (χ2v) is 5.71. The third-order valence-corrected chi connectivity index (χ3v) is 4.58. The molecule has 0 aromatic carbocycles. The first kappa shape index (κ1) is 16.0. The van der Waals surface area contributed by atoms with Crippen LogP contribution in [-0.4, -0.2) is 24.8 Å². The monoisotopic (exact) mass is 255 g/mol. The van der Waals surface area contributed by atoms with Gasteiger partial charge in [0.2, 0.25) is 0 Å². The van der Waals surface area contributed by atoms with Crippen molar-refractivity contribution in [2.45, 2.75) is 84.3 Å². The standard InChI is InChI=1S/C16H33NO/c1-5-13-17-15(14(6-2)7-3)16(18-8-4)11-9-10-12-16/h14-15,17H,5-13H2,1-4H3. The first-order valence-electron chi connectivity index (χ1n) is 8.11. The van der Waals surface area contributed by atoms with Gasteiger partial charge in [-0.25, -0.2) is 0 Å². The molecule has 0 radical (unpaired) electrons. The molecule has 1 aliphatic rings. The van der Waals surface area contributed by atoms with Gasteiger partial charge in [0, 0.05) is 12.6 Å². The van der Waals surface area contributed by atoms with Crippen molar-refractivity contribution in [2.75, 3.05) is 13.2 Å². The van der Waals surface area contributed by atoms with Crippen LogP contribution in [0.15, 0.2) is 0 Å². The summed E-state index contributed by atoms with van der Waals surface area (Å²) in [6, 6.07) is 0.551. The van der Waals surface area contributed by atoms with Crippen LogP contribution in [0.2, 0.25) is 0 Å². The molecular formula is C16H33NO. The molecule has 1 saturated carbocycles. The van der Waals surface area contributed by atoms with Gasteiger partial charge < -0.3 is 10.1 Å². The Hall–Kier alpha value is -0.0800. The van der Waals surface area contributed by atoms with Crippen LogP contribution in [0.1, 0.15) is 72.6 Å². The first-order valence-corrected chi connectivity index (χ1v) is 8.11. The Labute approximate surface area is 114 Å². The molecule has 0 aromatic heterocycles. The van der Waals surface area contributed by atoms with Crippen molar-refractivity contribution in [3.05, 3.63) is 0 Å². The van der Waals surface area contributed by atoms with Crippen molar-refractivity contribution >= 4 is 0 Å². The summed E-state index contributed by atoms with van der Waals surface area (Å²) >= 11 is 0. The fraction of sp³-hybridized carbons (Fsp3) is 1.00. The first-order chi connectivity index (χ1) is 8.74. The zero-order valence-corrected chi connectivity index (χ0v) is 12.9. The van der Waals surface area contributed by atoms with Gasteiger partial charge in [-0.05, 0) is 38.6 Å². The van der Waals surface area contributed by atoms with Gasteiger partial charge in [0.15, 0.2) is 0 Å². The van der Waals surface area contributed by atoms with E-state index in [9.17, 15) is 0 Å². The van der Waals surface area contributed by atoms with Crippen molar-refractivity contribution in [2.24, 2.45) is 5.92 Å². The van der Waals surface area contributed by atoms with E-state index in [1.54, 1.807) is 0 Å². The second-order valence-electron chi connectivity index (χ2n) is 5.71. The van der Waals surface area contributed by atoms with Gasteiger partial charge in [-0.2, -0.15) is 0 Å². The lowest BCUT2D eigenvalue weighted by Crippen LogP contribution is -2.55. The fourth-order valence-electron chi connectivity index (χ4n) is 3.65. The van der Waals surface area contributed by atoms with Gasteiger partial charge in [-0.15, -0.1) is 0 Å². The van der Waals surface area contributed by atoms with E-state index in [1.165, 1.54) is 44.9 Å². The van der Waals surface area contributed by atoms with E-state index in [2.05, 4.69) is 33.0 Å². The molecule has 1 fully saturated rings. The molecule has 2 nitrogen and oxygen atoms in total. The molecule has 1 N–H and O–H groups in total. The summed E-state index contributed by atoms with van der Waals surface area (Å²) < 4.78 is 6.27. The van der Waals surface area contributed by atoms with Gasteiger partial charge in [-0.3, -0.25) is 0 Å². The Kier molecular flexibility index (Phi) is 7.25. The third-order valence-electron chi connectivity index (χ3n) is 4.58. The Balaban J connectivity index is 2.82. The highest BCUT2D eigenvalue weighted by Crippen LogP contribution is 2.40. The van der Waals surface area contributed by atoms with Crippen LogP contribution in [0.25, 0.3) is 0 Å². The van der Waals surface area contributed by atoms with Crippen molar-refractivity contribution in [1.29, 1.82) is 0 Å². The molecule has 1 atom stereocenters. The lowest BCUT2D eigenvalue weighted by molar-refractivity contribution is -0.0761. The maximum atomic E-state index is 6.27. The van der Waals surface area contributed by atoms with Gasteiger partial charge in [0.05, 0.1) is 5.60 Å². The van der Waals surface area contributed by atoms with E-state index in [0.717, 1.165) is 19.1 Å². The molecule has 0 spiro atoms. The Morgan fingerprint density at radius 3 is 2.11 bits per heavy atom. The second kappa shape index (κ2) is 8.16. The number of ether oxygens (including phenoxy) is 1. The highest BCUT2D eigenvalue weighted by molar-refractivity contribution is 4.99. The molecule has 0 saturated heterocycles. The molecule has 0 amide bonds. The Morgan fingerprint density at radius 2 is 1.67 bits per heavy atom. The highest BCUT2D eigenvalue weighted by atomic mass is 16.5. The van der Waals surface area contributed by atoms with Crippen LogP contribution in [0.4, 0.5) is 0 Å². The molecular weight excluding hydrogens is 222 g/mol.